The van der Waals surface area contributed by atoms with Gasteiger partial charge in [-0.05, 0) is 40.2 Å². The number of anilines is 1. The number of pyridine rings is 1. The van der Waals surface area contributed by atoms with Crippen LogP contribution >= 0.6 is 0 Å². The average molecular weight is 238 g/mol. The van der Waals surface area contributed by atoms with Crippen LogP contribution in [0.25, 0.3) is 0 Å². The van der Waals surface area contributed by atoms with Crippen molar-refractivity contribution in [1.29, 1.82) is 0 Å². The van der Waals surface area contributed by atoms with Gasteiger partial charge in [0.25, 0.3) is 0 Å². The summed E-state index contributed by atoms with van der Waals surface area (Å²) in [5, 5.41) is 0. The fourth-order valence-corrected chi connectivity index (χ4v) is 1.16. The number of hydrogen-bond acceptors (Lipinski definition) is 4. The Kier molecular flexibility index (Phi) is 4.21. The smallest absolute Gasteiger partial charge is 0.241 e. The molecule has 96 valence electrons. The molecule has 1 atom stereocenters. The van der Waals surface area contributed by atoms with Gasteiger partial charge in [-0.25, -0.2) is 0 Å². The van der Waals surface area contributed by atoms with Crippen LogP contribution in [0.5, 0.6) is 11.8 Å². The summed E-state index contributed by atoms with van der Waals surface area (Å²) in [6.45, 7) is 9.93. The summed E-state index contributed by atoms with van der Waals surface area (Å²) in [4.78, 5) is 4.28. The van der Waals surface area contributed by atoms with Crippen LogP contribution in [0, 0.1) is 0 Å². The van der Waals surface area contributed by atoms with Gasteiger partial charge in [0.2, 0.25) is 11.8 Å². The molecule has 1 aromatic heterocycles. The molecule has 1 unspecified atom stereocenters. The first-order chi connectivity index (χ1) is 7.81. The van der Waals surface area contributed by atoms with E-state index in [1.807, 2.05) is 27.7 Å². The summed E-state index contributed by atoms with van der Waals surface area (Å²) in [5.74, 6) is 0.978. The second-order valence-electron chi connectivity index (χ2n) is 5.10. The monoisotopic (exact) mass is 238 g/mol. The van der Waals surface area contributed by atoms with E-state index >= 15 is 0 Å². The number of rotatable bonds is 4. The molecule has 0 saturated carbocycles. The first-order valence-electron chi connectivity index (χ1n) is 5.94. The van der Waals surface area contributed by atoms with Crippen LogP contribution < -0.4 is 15.2 Å². The third-order valence-corrected chi connectivity index (χ3v) is 2.16. The van der Waals surface area contributed by atoms with Gasteiger partial charge < -0.3 is 15.2 Å². The average Bonchev–Trinajstić information content (AvgIpc) is 2.21. The quantitative estimate of drug-likeness (QED) is 0.876. The number of ether oxygens (including phenoxy) is 2. The SMILES string of the molecule is CCC(C)Oc1ccc(N)c(OC(C)(C)C)n1. The van der Waals surface area contributed by atoms with Crippen LogP contribution in [0.1, 0.15) is 41.0 Å². The standard InChI is InChI=1S/C13H22N2O2/c1-6-9(2)16-11-8-7-10(14)12(15-11)17-13(3,4)5/h7-9H,6,14H2,1-5H3. The summed E-state index contributed by atoms with van der Waals surface area (Å²) < 4.78 is 11.3. The highest BCUT2D eigenvalue weighted by atomic mass is 16.5. The molecule has 0 aliphatic heterocycles. The van der Waals surface area contributed by atoms with E-state index in [-0.39, 0.29) is 11.7 Å². The van der Waals surface area contributed by atoms with E-state index in [0.29, 0.717) is 17.4 Å². The van der Waals surface area contributed by atoms with Crippen molar-refractivity contribution in [3.63, 3.8) is 0 Å². The first-order valence-corrected chi connectivity index (χ1v) is 5.94. The lowest BCUT2D eigenvalue weighted by atomic mass is 10.2. The molecule has 0 aliphatic rings. The van der Waals surface area contributed by atoms with Crippen LogP contribution in [0.2, 0.25) is 0 Å². The van der Waals surface area contributed by atoms with Gasteiger partial charge in [0, 0.05) is 6.07 Å². The highest BCUT2D eigenvalue weighted by molar-refractivity contribution is 5.49. The highest BCUT2D eigenvalue weighted by Crippen LogP contribution is 2.26. The third kappa shape index (κ3) is 4.51. The molecular formula is C13H22N2O2. The maximum Gasteiger partial charge on any atom is 0.241 e. The van der Waals surface area contributed by atoms with Crippen LogP contribution in [0.3, 0.4) is 0 Å². The van der Waals surface area contributed by atoms with Gasteiger partial charge in [-0.1, -0.05) is 6.92 Å². The molecule has 1 rings (SSSR count). The van der Waals surface area contributed by atoms with Gasteiger partial charge in [-0.3, -0.25) is 0 Å². The van der Waals surface area contributed by atoms with Crippen molar-refractivity contribution < 1.29 is 9.47 Å². The number of nitrogens with zero attached hydrogens (tertiary/aromatic N) is 1. The normalized spacial score (nSPS) is 13.2. The third-order valence-electron chi connectivity index (χ3n) is 2.16. The van der Waals surface area contributed by atoms with Gasteiger partial charge in [0.15, 0.2) is 0 Å². The second kappa shape index (κ2) is 5.25. The summed E-state index contributed by atoms with van der Waals surface area (Å²) in [6, 6.07) is 3.52. The van der Waals surface area contributed by atoms with Crippen LogP contribution in [-0.2, 0) is 0 Å². The Hall–Kier alpha value is -1.45. The Morgan fingerprint density at radius 2 is 2.00 bits per heavy atom. The van der Waals surface area contributed by atoms with Crippen molar-refractivity contribution in [2.75, 3.05) is 5.73 Å². The maximum absolute atomic E-state index is 5.82. The van der Waals surface area contributed by atoms with Crippen LogP contribution in [-0.4, -0.2) is 16.7 Å². The Balaban J connectivity index is 2.87. The molecule has 1 aromatic rings. The van der Waals surface area contributed by atoms with Gasteiger partial charge in [0.1, 0.15) is 5.60 Å². The van der Waals surface area contributed by atoms with Gasteiger partial charge >= 0.3 is 0 Å². The molecule has 1 heterocycles. The molecule has 0 amide bonds. The predicted octanol–water partition coefficient (Wildman–Crippen LogP) is 3.02. The fourth-order valence-electron chi connectivity index (χ4n) is 1.16. The first kappa shape index (κ1) is 13.6. The summed E-state index contributed by atoms with van der Waals surface area (Å²) in [5.41, 5.74) is 6.02. The van der Waals surface area contributed by atoms with Crippen molar-refractivity contribution in [3.8, 4) is 11.8 Å². The number of hydrogen-bond donors (Lipinski definition) is 1. The Morgan fingerprint density at radius 1 is 1.35 bits per heavy atom. The van der Waals surface area contributed by atoms with E-state index < -0.39 is 0 Å². The molecule has 0 aliphatic carbocycles. The molecular weight excluding hydrogens is 216 g/mol. The minimum atomic E-state index is -0.323. The van der Waals surface area contributed by atoms with E-state index in [0.717, 1.165) is 6.42 Å². The van der Waals surface area contributed by atoms with E-state index in [1.165, 1.54) is 0 Å². The second-order valence-corrected chi connectivity index (χ2v) is 5.10. The van der Waals surface area contributed by atoms with Crippen molar-refractivity contribution in [2.24, 2.45) is 0 Å². The molecule has 0 radical (unpaired) electrons. The maximum atomic E-state index is 5.82. The summed E-state index contributed by atoms with van der Waals surface area (Å²) in [6.07, 6.45) is 1.07. The number of nitrogens with two attached hydrogens (primary N) is 1. The van der Waals surface area contributed by atoms with Crippen LogP contribution in [0.4, 0.5) is 5.69 Å². The molecule has 0 aromatic carbocycles. The van der Waals surface area contributed by atoms with Gasteiger partial charge in [-0.2, -0.15) is 4.98 Å². The lowest BCUT2D eigenvalue weighted by Gasteiger charge is -2.22. The fraction of sp³-hybridized carbons (Fsp3) is 0.615. The van der Waals surface area contributed by atoms with E-state index in [9.17, 15) is 0 Å². The topological polar surface area (TPSA) is 57.4 Å². The zero-order chi connectivity index (χ0) is 13.1. The number of aromatic nitrogens is 1. The lowest BCUT2D eigenvalue weighted by Crippen LogP contribution is -2.24. The zero-order valence-electron chi connectivity index (χ0n) is 11.3. The Labute approximate surface area is 103 Å². The Bertz CT molecular complexity index is 372. The summed E-state index contributed by atoms with van der Waals surface area (Å²) in [7, 11) is 0. The molecule has 2 N–H and O–H groups in total. The lowest BCUT2D eigenvalue weighted by molar-refractivity contribution is 0.122. The van der Waals surface area contributed by atoms with Crippen LogP contribution in [0.15, 0.2) is 12.1 Å². The summed E-state index contributed by atoms with van der Waals surface area (Å²) >= 11 is 0. The zero-order valence-corrected chi connectivity index (χ0v) is 11.3. The van der Waals surface area contributed by atoms with Gasteiger partial charge in [-0.15, -0.1) is 0 Å². The minimum absolute atomic E-state index is 0.133. The van der Waals surface area contributed by atoms with E-state index in [2.05, 4.69) is 11.9 Å². The molecule has 0 fully saturated rings. The highest BCUT2D eigenvalue weighted by Gasteiger charge is 2.16. The van der Waals surface area contributed by atoms with E-state index in [1.54, 1.807) is 12.1 Å². The Morgan fingerprint density at radius 3 is 2.53 bits per heavy atom. The van der Waals surface area contributed by atoms with Crippen molar-refractivity contribution in [3.05, 3.63) is 12.1 Å². The molecule has 4 heteroatoms. The molecule has 0 spiro atoms. The number of nitrogen functional groups attached to an aromatic ring is 1. The van der Waals surface area contributed by atoms with Gasteiger partial charge in [0.05, 0.1) is 11.8 Å². The molecule has 0 saturated heterocycles. The van der Waals surface area contributed by atoms with Crippen molar-refractivity contribution in [2.45, 2.75) is 52.7 Å². The molecule has 4 nitrogen and oxygen atoms in total. The van der Waals surface area contributed by atoms with Crippen molar-refractivity contribution >= 4 is 5.69 Å². The predicted molar refractivity (Wildman–Crippen MR) is 69.4 cm³/mol. The molecule has 17 heavy (non-hydrogen) atoms. The van der Waals surface area contributed by atoms with E-state index in [4.69, 9.17) is 15.2 Å². The largest absolute Gasteiger partial charge is 0.475 e. The minimum Gasteiger partial charge on any atom is -0.475 e. The molecule has 0 bridgehead atoms. The van der Waals surface area contributed by atoms with Crippen molar-refractivity contribution in [1.82, 2.24) is 4.98 Å².